The molecule has 25 heavy (non-hydrogen) atoms. The van der Waals surface area contributed by atoms with Crippen LogP contribution < -0.4 is 10.1 Å². The minimum Gasteiger partial charge on any atom is -0.482 e. The Balaban J connectivity index is 2.01. The summed E-state index contributed by atoms with van der Waals surface area (Å²) in [5, 5.41) is 12.9. The van der Waals surface area contributed by atoms with Gasteiger partial charge < -0.3 is 10.1 Å². The Morgan fingerprint density at radius 3 is 2.60 bits per heavy atom. The minimum absolute atomic E-state index is 0.0486. The van der Waals surface area contributed by atoms with E-state index in [0.717, 1.165) is 24.3 Å². The molecule has 2 rings (SSSR count). The molecule has 2 aromatic rings. The smallest absolute Gasteiger partial charge is 0.332 e. The van der Waals surface area contributed by atoms with Crippen LogP contribution in [0.3, 0.4) is 0 Å². The van der Waals surface area contributed by atoms with Gasteiger partial charge in [0, 0.05) is 17.8 Å². The number of hydrogen-bond donors (Lipinski definition) is 1. The van der Waals surface area contributed by atoms with E-state index in [1.165, 1.54) is 18.2 Å². The number of nitro benzene ring substituents is 1. The Hall–Kier alpha value is -2.72. The molecule has 0 atom stereocenters. The van der Waals surface area contributed by atoms with Gasteiger partial charge >= 0.3 is 10.2 Å². The van der Waals surface area contributed by atoms with E-state index in [0.29, 0.717) is 0 Å². The summed E-state index contributed by atoms with van der Waals surface area (Å²) in [4.78, 5) is 21.2. The lowest BCUT2D eigenvalue weighted by atomic mass is 10.3. The first-order chi connectivity index (χ1) is 11.7. The molecule has 0 bridgehead atoms. The van der Waals surface area contributed by atoms with Crippen molar-refractivity contribution in [1.29, 1.82) is 0 Å². The average Bonchev–Trinajstić information content (AvgIpc) is 2.53. The van der Waals surface area contributed by atoms with Crippen molar-refractivity contribution < 1.29 is 26.8 Å². The van der Waals surface area contributed by atoms with E-state index in [9.17, 15) is 27.2 Å². The second-order valence-corrected chi connectivity index (χ2v) is 6.43. The van der Waals surface area contributed by atoms with Gasteiger partial charge in [0.25, 0.3) is 11.6 Å². The highest BCUT2D eigenvalue weighted by molar-refractivity contribution is 7.86. The largest absolute Gasteiger partial charge is 0.482 e. The number of carbonyl (C=O) groups excluding carboxylic acids is 1. The van der Waals surface area contributed by atoms with Crippen molar-refractivity contribution in [3.8, 4) is 5.75 Å². The van der Waals surface area contributed by atoms with E-state index in [1.807, 2.05) is 0 Å². The predicted octanol–water partition coefficient (Wildman–Crippen LogP) is 2.92. The summed E-state index contributed by atoms with van der Waals surface area (Å²) in [5.74, 6) is -0.606. The van der Waals surface area contributed by atoms with E-state index in [2.05, 4.69) is 5.32 Å². The number of nitrogens with zero attached hydrogens (tertiary/aromatic N) is 1. The lowest BCUT2D eigenvalue weighted by molar-refractivity contribution is -0.384. The molecule has 1 N–H and O–H groups in total. The van der Waals surface area contributed by atoms with Gasteiger partial charge in [-0.25, -0.2) is 0 Å². The SMILES string of the molecule is O=C(COc1ccc([N+](=O)[O-])cc1Cl)Nc1cccc(S(=O)(=O)F)c1. The summed E-state index contributed by atoms with van der Waals surface area (Å²) in [6.45, 7) is -0.496. The highest BCUT2D eigenvalue weighted by Crippen LogP contribution is 2.28. The number of nitrogens with one attached hydrogen (secondary N) is 1. The van der Waals surface area contributed by atoms with Crippen molar-refractivity contribution in [2.75, 3.05) is 11.9 Å². The molecule has 0 saturated heterocycles. The molecule has 0 aromatic heterocycles. The number of rotatable bonds is 6. The maximum Gasteiger partial charge on any atom is 0.332 e. The molecule has 0 aliphatic rings. The van der Waals surface area contributed by atoms with Crippen LogP contribution in [0.4, 0.5) is 15.3 Å². The van der Waals surface area contributed by atoms with E-state index >= 15 is 0 Å². The van der Waals surface area contributed by atoms with Gasteiger partial charge in [-0.2, -0.15) is 8.42 Å². The number of anilines is 1. The van der Waals surface area contributed by atoms with Crippen LogP contribution in [0.2, 0.25) is 5.02 Å². The van der Waals surface area contributed by atoms with Gasteiger partial charge in [0.15, 0.2) is 6.61 Å². The molecular weight excluding hydrogens is 379 g/mol. The summed E-state index contributed by atoms with van der Waals surface area (Å²) in [5.41, 5.74) is -0.173. The van der Waals surface area contributed by atoms with Crippen molar-refractivity contribution >= 4 is 39.1 Å². The van der Waals surface area contributed by atoms with Crippen LogP contribution in [0, 0.1) is 10.1 Å². The third kappa shape index (κ3) is 5.13. The summed E-state index contributed by atoms with van der Waals surface area (Å²) < 4.78 is 39.7. The first kappa shape index (κ1) is 18.6. The van der Waals surface area contributed by atoms with Gasteiger partial charge in [0.1, 0.15) is 10.6 Å². The standard InChI is InChI=1S/C14H10ClFN2O6S/c15-12-7-10(18(20)21)4-5-13(12)24-8-14(19)17-9-2-1-3-11(6-9)25(16,22)23/h1-7H,8H2,(H,17,19). The molecule has 8 nitrogen and oxygen atoms in total. The molecule has 0 radical (unpaired) electrons. The van der Waals surface area contributed by atoms with Gasteiger partial charge in [0.05, 0.1) is 9.95 Å². The number of ether oxygens (including phenoxy) is 1. The molecule has 2 aromatic carbocycles. The van der Waals surface area contributed by atoms with Crippen molar-refractivity contribution in [3.63, 3.8) is 0 Å². The third-order valence-corrected chi connectivity index (χ3v) is 4.00. The van der Waals surface area contributed by atoms with E-state index in [-0.39, 0.29) is 22.1 Å². The molecule has 0 spiro atoms. The number of halogens is 2. The normalized spacial score (nSPS) is 11.0. The average molecular weight is 389 g/mol. The number of hydrogen-bond acceptors (Lipinski definition) is 6. The number of benzene rings is 2. The second kappa shape index (κ2) is 7.45. The van der Waals surface area contributed by atoms with Crippen molar-refractivity contribution in [2.24, 2.45) is 0 Å². The fourth-order valence-corrected chi connectivity index (χ4v) is 2.52. The summed E-state index contributed by atoms with van der Waals surface area (Å²) in [7, 11) is -4.89. The number of non-ortho nitro benzene ring substituents is 1. The molecule has 0 unspecified atom stereocenters. The monoisotopic (exact) mass is 388 g/mol. The van der Waals surface area contributed by atoms with Crippen molar-refractivity contribution in [1.82, 2.24) is 0 Å². The summed E-state index contributed by atoms with van der Waals surface area (Å²) in [6, 6.07) is 8.09. The molecule has 0 aliphatic heterocycles. The molecule has 1 amide bonds. The van der Waals surface area contributed by atoms with Crippen LogP contribution in [0.1, 0.15) is 0 Å². The van der Waals surface area contributed by atoms with Gasteiger partial charge in [-0.15, -0.1) is 3.89 Å². The molecular formula is C14H10ClFN2O6S. The minimum atomic E-state index is -4.89. The Morgan fingerprint density at radius 1 is 1.28 bits per heavy atom. The molecule has 0 fully saturated rings. The van der Waals surface area contributed by atoms with Crippen LogP contribution in [0.15, 0.2) is 47.4 Å². The van der Waals surface area contributed by atoms with E-state index < -0.39 is 32.6 Å². The van der Waals surface area contributed by atoms with Crippen LogP contribution in [-0.2, 0) is 15.0 Å². The summed E-state index contributed by atoms with van der Waals surface area (Å²) >= 11 is 5.82. The molecule has 132 valence electrons. The Labute approximate surface area is 146 Å². The fraction of sp³-hybridized carbons (Fsp3) is 0.0714. The van der Waals surface area contributed by atoms with Crippen LogP contribution in [0.5, 0.6) is 5.75 Å². The van der Waals surface area contributed by atoms with Gasteiger partial charge in [-0.3, -0.25) is 14.9 Å². The van der Waals surface area contributed by atoms with E-state index in [1.54, 1.807) is 0 Å². The predicted molar refractivity (Wildman–Crippen MR) is 87.0 cm³/mol. The molecule has 11 heteroatoms. The topological polar surface area (TPSA) is 116 Å². The zero-order valence-electron chi connectivity index (χ0n) is 12.3. The van der Waals surface area contributed by atoms with Crippen molar-refractivity contribution in [2.45, 2.75) is 4.90 Å². The fourth-order valence-electron chi connectivity index (χ4n) is 1.79. The van der Waals surface area contributed by atoms with Crippen LogP contribution >= 0.6 is 11.6 Å². The first-order valence-electron chi connectivity index (χ1n) is 6.58. The molecule has 0 heterocycles. The Morgan fingerprint density at radius 2 is 2.00 bits per heavy atom. The second-order valence-electron chi connectivity index (χ2n) is 4.67. The van der Waals surface area contributed by atoms with Gasteiger partial charge in [0.2, 0.25) is 0 Å². The van der Waals surface area contributed by atoms with Crippen molar-refractivity contribution in [3.05, 3.63) is 57.6 Å². The molecule has 0 saturated carbocycles. The molecule has 0 aliphatic carbocycles. The zero-order chi connectivity index (χ0) is 18.6. The van der Waals surface area contributed by atoms with Gasteiger partial charge in [-0.1, -0.05) is 17.7 Å². The highest BCUT2D eigenvalue weighted by Gasteiger charge is 2.14. The number of carbonyl (C=O) groups is 1. The maximum absolute atomic E-state index is 12.9. The number of amides is 1. The van der Waals surface area contributed by atoms with Gasteiger partial charge in [-0.05, 0) is 24.3 Å². The third-order valence-electron chi connectivity index (χ3n) is 2.88. The quantitative estimate of drug-likeness (QED) is 0.462. The summed E-state index contributed by atoms with van der Waals surface area (Å²) in [6.07, 6.45) is 0. The van der Waals surface area contributed by atoms with Crippen LogP contribution in [0.25, 0.3) is 0 Å². The maximum atomic E-state index is 12.9. The highest BCUT2D eigenvalue weighted by atomic mass is 35.5. The Bertz CT molecular complexity index is 935. The lowest BCUT2D eigenvalue weighted by Gasteiger charge is -2.09. The van der Waals surface area contributed by atoms with Crippen LogP contribution in [-0.4, -0.2) is 25.9 Å². The Kier molecular flexibility index (Phi) is 5.55. The zero-order valence-corrected chi connectivity index (χ0v) is 13.9. The number of nitro groups is 1. The lowest BCUT2D eigenvalue weighted by Crippen LogP contribution is -2.20. The first-order valence-corrected chi connectivity index (χ1v) is 8.34. The van der Waals surface area contributed by atoms with E-state index in [4.69, 9.17) is 16.3 Å².